The second-order valence-electron chi connectivity index (χ2n) is 6.14. The van der Waals surface area contributed by atoms with Crippen LogP contribution in [0.4, 0.5) is 5.13 Å². The Hall–Kier alpha value is -2.96. The molecule has 0 unspecified atom stereocenters. The molecule has 2 aromatic heterocycles. The van der Waals surface area contributed by atoms with Gasteiger partial charge >= 0.3 is 5.97 Å². The summed E-state index contributed by atoms with van der Waals surface area (Å²) in [5.74, 6) is -0.688. The lowest BCUT2D eigenvalue weighted by atomic mass is 10.1. The first-order valence-corrected chi connectivity index (χ1v) is 10.6. The van der Waals surface area contributed by atoms with Gasteiger partial charge in [-0.25, -0.2) is 14.8 Å². The number of rotatable bonds is 6. The van der Waals surface area contributed by atoms with Crippen molar-refractivity contribution in [3.63, 3.8) is 0 Å². The molecule has 0 radical (unpaired) electrons. The SMILES string of the molecule is CCOC(=O)c1sc(NC(=O)CSc2nc3ccc(C)cc3cc2C#N)nc1C. The first-order chi connectivity index (χ1) is 13.9. The van der Waals surface area contributed by atoms with Crippen LogP contribution in [-0.4, -0.2) is 34.2 Å². The van der Waals surface area contributed by atoms with Crippen LogP contribution >= 0.6 is 23.1 Å². The van der Waals surface area contributed by atoms with Gasteiger partial charge in [0.2, 0.25) is 5.91 Å². The number of esters is 1. The van der Waals surface area contributed by atoms with Crippen molar-refractivity contribution >= 4 is 51.0 Å². The molecule has 2 heterocycles. The van der Waals surface area contributed by atoms with E-state index in [0.29, 0.717) is 26.3 Å². The first kappa shape index (κ1) is 20.8. The van der Waals surface area contributed by atoms with E-state index >= 15 is 0 Å². The molecule has 9 heteroatoms. The maximum atomic E-state index is 12.3. The molecular formula is C20H18N4O3S2. The average molecular weight is 427 g/mol. The van der Waals surface area contributed by atoms with Gasteiger partial charge in [-0.2, -0.15) is 5.26 Å². The van der Waals surface area contributed by atoms with E-state index in [1.165, 1.54) is 11.8 Å². The van der Waals surface area contributed by atoms with Crippen molar-refractivity contribution < 1.29 is 14.3 Å². The zero-order valence-corrected chi connectivity index (χ0v) is 17.7. The number of carbonyl (C=O) groups is 2. The Morgan fingerprint density at radius 1 is 1.28 bits per heavy atom. The fourth-order valence-electron chi connectivity index (χ4n) is 2.59. The third kappa shape index (κ3) is 4.91. The van der Waals surface area contributed by atoms with E-state index in [1.54, 1.807) is 19.9 Å². The summed E-state index contributed by atoms with van der Waals surface area (Å²) in [4.78, 5) is 33.3. The van der Waals surface area contributed by atoms with Crippen molar-refractivity contribution in [1.29, 1.82) is 5.26 Å². The van der Waals surface area contributed by atoms with Crippen molar-refractivity contribution in [3.05, 3.63) is 46.0 Å². The van der Waals surface area contributed by atoms with Gasteiger partial charge in [0.25, 0.3) is 0 Å². The number of amides is 1. The molecule has 0 saturated heterocycles. The molecule has 0 spiro atoms. The van der Waals surface area contributed by atoms with Crippen LogP contribution in [0, 0.1) is 25.2 Å². The number of fused-ring (bicyclic) bond motifs is 1. The third-order valence-corrected chi connectivity index (χ3v) is 5.94. The fourth-order valence-corrected chi connectivity index (χ4v) is 4.23. The van der Waals surface area contributed by atoms with Crippen LogP contribution < -0.4 is 5.32 Å². The van der Waals surface area contributed by atoms with Gasteiger partial charge in [-0.1, -0.05) is 34.7 Å². The number of benzene rings is 1. The summed E-state index contributed by atoms with van der Waals surface area (Å²) in [7, 11) is 0. The van der Waals surface area contributed by atoms with Crippen LogP contribution in [0.25, 0.3) is 10.9 Å². The summed E-state index contributed by atoms with van der Waals surface area (Å²) in [5.41, 5.74) is 2.79. The second kappa shape index (κ2) is 9.03. The summed E-state index contributed by atoms with van der Waals surface area (Å²) >= 11 is 2.26. The number of hydrogen-bond acceptors (Lipinski definition) is 8. The van der Waals surface area contributed by atoms with Crippen molar-refractivity contribution in [2.75, 3.05) is 17.7 Å². The van der Waals surface area contributed by atoms with Gasteiger partial charge in [-0.3, -0.25) is 4.79 Å². The third-order valence-electron chi connectivity index (χ3n) is 3.90. The van der Waals surface area contributed by atoms with Crippen molar-refractivity contribution in [2.24, 2.45) is 0 Å². The Bertz CT molecular complexity index is 1130. The molecule has 29 heavy (non-hydrogen) atoms. The highest BCUT2D eigenvalue weighted by molar-refractivity contribution is 8.00. The average Bonchev–Trinajstić information content (AvgIpc) is 3.05. The Kier molecular flexibility index (Phi) is 6.46. The molecule has 0 aliphatic rings. The Morgan fingerprint density at radius 2 is 2.07 bits per heavy atom. The van der Waals surface area contributed by atoms with E-state index in [2.05, 4.69) is 21.4 Å². The molecule has 0 bridgehead atoms. The number of nitrogens with one attached hydrogen (secondary N) is 1. The highest BCUT2D eigenvalue weighted by atomic mass is 32.2. The molecule has 7 nitrogen and oxygen atoms in total. The summed E-state index contributed by atoms with van der Waals surface area (Å²) in [6, 6.07) is 9.74. The maximum absolute atomic E-state index is 12.3. The molecular weight excluding hydrogens is 408 g/mol. The van der Waals surface area contributed by atoms with Gasteiger partial charge in [-0.15, -0.1) is 0 Å². The highest BCUT2D eigenvalue weighted by Gasteiger charge is 2.18. The number of nitriles is 1. The maximum Gasteiger partial charge on any atom is 0.350 e. The molecule has 1 aromatic carbocycles. The van der Waals surface area contributed by atoms with E-state index in [-0.39, 0.29) is 18.3 Å². The van der Waals surface area contributed by atoms with E-state index in [1.807, 2.05) is 25.1 Å². The minimum atomic E-state index is -0.452. The number of nitrogens with zero attached hydrogens (tertiary/aromatic N) is 3. The summed E-state index contributed by atoms with van der Waals surface area (Å²) in [5, 5.41) is 13.8. The van der Waals surface area contributed by atoms with Gasteiger partial charge in [0.15, 0.2) is 5.13 Å². The van der Waals surface area contributed by atoms with Crippen LogP contribution in [0.1, 0.15) is 33.4 Å². The number of aromatic nitrogens is 2. The lowest BCUT2D eigenvalue weighted by Crippen LogP contribution is -2.14. The van der Waals surface area contributed by atoms with Gasteiger partial charge < -0.3 is 10.1 Å². The first-order valence-electron chi connectivity index (χ1n) is 8.80. The number of hydrogen-bond donors (Lipinski definition) is 1. The van der Waals surface area contributed by atoms with Crippen LogP contribution in [0.5, 0.6) is 0 Å². The largest absolute Gasteiger partial charge is 0.462 e. The fraction of sp³-hybridized carbons (Fsp3) is 0.250. The monoisotopic (exact) mass is 426 g/mol. The Balaban J connectivity index is 1.70. The van der Waals surface area contributed by atoms with Gasteiger partial charge in [0, 0.05) is 5.39 Å². The predicted molar refractivity (Wildman–Crippen MR) is 113 cm³/mol. The number of carbonyl (C=O) groups excluding carboxylic acids is 2. The molecule has 148 valence electrons. The molecule has 3 aromatic rings. The lowest BCUT2D eigenvalue weighted by Gasteiger charge is -2.06. The zero-order chi connectivity index (χ0) is 21.0. The molecule has 0 aliphatic carbocycles. The van der Waals surface area contributed by atoms with E-state index < -0.39 is 5.97 Å². The second-order valence-corrected chi connectivity index (χ2v) is 8.10. The normalized spacial score (nSPS) is 10.6. The van der Waals surface area contributed by atoms with E-state index in [0.717, 1.165) is 27.8 Å². The van der Waals surface area contributed by atoms with Crippen LogP contribution in [0.15, 0.2) is 29.3 Å². The van der Waals surface area contributed by atoms with Gasteiger partial charge in [-0.05, 0) is 39.0 Å². The molecule has 0 aliphatic heterocycles. The molecule has 0 fully saturated rings. The standard InChI is InChI=1S/C20H18N4O3S2/c1-4-27-19(26)17-12(3)22-20(29-17)24-16(25)10-28-18-14(9-21)8-13-7-11(2)5-6-15(13)23-18/h5-8H,4,10H2,1-3H3,(H,22,24,25). The summed E-state index contributed by atoms with van der Waals surface area (Å²) < 4.78 is 4.98. The van der Waals surface area contributed by atoms with Gasteiger partial charge in [0.1, 0.15) is 16.0 Å². The molecule has 1 amide bonds. The Labute approximate surface area is 176 Å². The van der Waals surface area contributed by atoms with Crippen molar-refractivity contribution in [1.82, 2.24) is 9.97 Å². The Morgan fingerprint density at radius 3 is 2.79 bits per heavy atom. The van der Waals surface area contributed by atoms with Crippen LogP contribution in [-0.2, 0) is 9.53 Å². The number of thiazole rings is 1. The predicted octanol–water partition coefficient (Wildman–Crippen LogP) is 4.09. The quantitative estimate of drug-likeness (QED) is 0.467. The molecule has 1 N–H and O–H groups in total. The molecule has 0 atom stereocenters. The van der Waals surface area contributed by atoms with Crippen LogP contribution in [0.3, 0.4) is 0 Å². The van der Waals surface area contributed by atoms with E-state index in [4.69, 9.17) is 4.74 Å². The number of aryl methyl sites for hydroxylation is 2. The summed E-state index contributed by atoms with van der Waals surface area (Å²) in [6.45, 7) is 5.67. The summed E-state index contributed by atoms with van der Waals surface area (Å²) in [6.07, 6.45) is 0. The number of anilines is 1. The smallest absolute Gasteiger partial charge is 0.350 e. The van der Waals surface area contributed by atoms with Crippen LogP contribution in [0.2, 0.25) is 0 Å². The topological polar surface area (TPSA) is 105 Å². The number of pyridine rings is 1. The van der Waals surface area contributed by atoms with E-state index in [9.17, 15) is 14.9 Å². The highest BCUT2D eigenvalue weighted by Crippen LogP contribution is 2.27. The number of thioether (sulfide) groups is 1. The van der Waals surface area contributed by atoms with Gasteiger partial charge in [0.05, 0.1) is 29.1 Å². The lowest BCUT2D eigenvalue weighted by molar-refractivity contribution is -0.113. The zero-order valence-electron chi connectivity index (χ0n) is 16.1. The van der Waals surface area contributed by atoms with Crippen molar-refractivity contribution in [3.8, 4) is 6.07 Å². The van der Waals surface area contributed by atoms with Crippen molar-refractivity contribution in [2.45, 2.75) is 25.8 Å². The molecule has 3 rings (SSSR count). The number of ether oxygens (including phenoxy) is 1. The minimum Gasteiger partial charge on any atom is -0.462 e. The minimum absolute atomic E-state index is 0.0619. The molecule has 0 saturated carbocycles.